The molecule has 1 N–H and O–H groups in total. The number of amides is 1. The molecule has 0 unspecified atom stereocenters. The zero-order valence-corrected chi connectivity index (χ0v) is 17.3. The Morgan fingerprint density at radius 3 is 2.28 bits per heavy atom. The third kappa shape index (κ3) is 3.60. The average molecular weight is 439 g/mol. The van der Waals surface area contributed by atoms with Crippen molar-refractivity contribution < 1.29 is 23.4 Å². The molecule has 0 aliphatic carbocycles. The maximum Gasteiger partial charge on any atom is 0.283 e. The summed E-state index contributed by atoms with van der Waals surface area (Å²) in [4.78, 5) is 29.9. The van der Waals surface area contributed by atoms with Crippen LogP contribution in [0.4, 0.5) is 4.39 Å². The molecule has 0 spiro atoms. The molecule has 164 valence electrons. The van der Waals surface area contributed by atoms with Crippen molar-refractivity contribution in [3.8, 4) is 22.9 Å². The standard InChI is InChI=1S/C21H18FN5O5/c1-30-16-8-12(9-17(31-2)18(16)32-3)20(28)25-26-11-23-19-15(21(26)29)10-24-27(19)14-6-4-13(22)5-7-14/h4-11H,1-3H3,(H,25,28). The Hall–Kier alpha value is -4.41. The van der Waals surface area contributed by atoms with E-state index in [-0.39, 0.29) is 16.6 Å². The van der Waals surface area contributed by atoms with Crippen molar-refractivity contribution in [2.75, 3.05) is 26.8 Å². The molecule has 0 fully saturated rings. The molecular weight excluding hydrogens is 421 g/mol. The Kier molecular flexibility index (Phi) is 5.46. The third-order valence-electron chi connectivity index (χ3n) is 4.71. The van der Waals surface area contributed by atoms with Gasteiger partial charge in [-0.1, -0.05) is 0 Å². The quantitative estimate of drug-likeness (QED) is 0.490. The van der Waals surface area contributed by atoms with Crippen LogP contribution in [-0.2, 0) is 0 Å². The van der Waals surface area contributed by atoms with Crippen LogP contribution in [0.25, 0.3) is 16.7 Å². The molecule has 2 aromatic heterocycles. The van der Waals surface area contributed by atoms with E-state index >= 15 is 0 Å². The zero-order chi connectivity index (χ0) is 22.8. The van der Waals surface area contributed by atoms with Crippen molar-refractivity contribution in [2.45, 2.75) is 0 Å². The van der Waals surface area contributed by atoms with Crippen molar-refractivity contribution in [2.24, 2.45) is 0 Å². The number of hydrogen-bond acceptors (Lipinski definition) is 7. The summed E-state index contributed by atoms with van der Waals surface area (Å²) in [5.74, 6) is -0.0783. The molecule has 0 saturated heterocycles. The first-order valence-electron chi connectivity index (χ1n) is 9.29. The zero-order valence-electron chi connectivity index (χ0n) is 17.3. The van der Waals surface area contributed by atoms with E-state index in [4.69, 9.17) is 14.2 Å². The SMILES string of the molecule is COc1cc(C(=O)Nn2cnc3c(cnn3-c3ccc(F)cc3)c2=O)cc(OC)c1OC. The number of carbonyl (C=O) groups is 1. The van der Waals surface area contributed by atoms with E-state index < -0.39 is 17.3 Å². The van der Waals surface area contributed by atoms with Crippen molar-refractivity contribution in [3.63, 3.8) is 0 Å². The molecular formula is C21H18FN5O5. The van der Waals surface area contributed by atoms with E-state index in [0.717, 1.165) is 4.68 Å². The van der Waals surface area contributed by atoms with Gasteiger partial charge < -0.3 is 14.2 Å². The van der Waals surface area contributed by atoms with Crippen LogP contribution in [0.1, 0.15) is 10.4 Å². The second-order valence-corrected chi connectivity index (χ2v) is 6.54. The predicted molar refractivity (Wildman–Crippen MR) is 113 cm³/mol. The summed E-state index contributed by atoms with van der Waals surface area (Å²) in [5.41, 5.74) is 2.91. The number of aromatic nitrogens is 4. The van der Waals surface area contributed by atoms with Gasteiger partial charge in [0.2, 0.25) is 5.75 Å². The molecule has 32 heavy (non-hydrogen) atoms. The van der Waals surface area contributed by atoms with E-state index in [9.17, 15) is 14.0 Å². The highest BCUT2D eigenvalue weighted by Crippen LogP contribution is 2.38. The Balaban J connectivity index is 1.68. The summed E-state index contributed by atoms with van der Waals surface area (Å²) >= 11 is 0. The number of carbonyl (C=O) groups excluding carboxylic acids is 1. The highest BCUT2D eigenvalue weighted by molar-refractivity contribution is 6.01. The summed E-state index contributed by atoms with van der Waals surface area (Å²) < 4.78 is 31.3. The fraction of sp³-hybridized carbons (Fsp3) is 0.143. The molecule has 4 rings (SSSR count). The van der Waals surface area contributed by atoms with E-state index in [1.165, 1.54) is 74.9 Å². The highest BCUT2D eigenvalue weighted by Gasteiger charge is 2.18. The lowest BCUT2D eigenvalue weighted by Gasteiger charge is -2.14. The summed E-state index contributed by atoms with van der Waals surface area (Å²) in [6.45, 7) is 0. The molecule has 1 amide bonds. The first-order chi connectivity index (χ1) is 15.5. The van der Waals surface area contributed by atoms with Crippen LogP contribution in [0.5, 0.6) is 17.2 Å². The second kappa shape index (κ2) is 8.38. The Morgan fingerprint density at radius 2 is 1.69 bits per heavy atom. The minimum absolute atomic E-state index is 0.169. The van der Waals surface area contributed by atoms with Gasteiger partial charge in [0.25, 0.3) is 11.5 Å². The number of benzene rings is 2. The van der Waals surface area contributed by atoms with Crippen LogP contribution >= 0.6 is 0 Å². The van der Waals surface area contributed by atoms with E-state index in [1.807, 2.05) is 0 Å². The molecule has 11 heteroatoms. The predicted octanol–water partition coefficient (Wildman–Crippen LogP) is 2.13. The molecule has 0 atom stereocenters. The number of methoxy groups -OCH3 is 3. The van der Waals surface area contributed by atoms with Gasteiger partial charge in [0.1, 0.15) is 17.5 Å². The molecule has 0 bridgehead atoms. The maximum atomic E-state index is 13.2. The lowest BCUT2D eigenvalue weighted by Crippen LogP contribution is -2.33. The van der Waals surface area contributed by atoms with Gasteiger partial charge in [-0.05, 0) is 36.4 Å². The number of rotatable bonds is 6. The van der Waals surface area contributed by atoms with E-state index in [0.29, 0.717) is 22.9 Å². The number of ether oxygens (including phenoxy) is 3. The molecule has 10 nitrogen and oxygen atoms in total. The fourth-order valence-electron chi connectivity index (χ4n) is 3.15. The molecule has 2 aromatic carbocycles. The highest BCUT2D eigenvalue weighted by atomic mass is 19.1. The number of fused-ring (bicyclic) bond motifs is 1. The first-order valence-corrected chi connectivity index (χ1v) is 9.29. The smallest absolute Gasteiger partial charge is 0.283 e. The van der Waals surface area contributed by atoms with Crippen molar-refractivity contribution >= 4 is 16.9 Å². The van der Waals surface area contributed by atoms with Crippen LogP contribution in [-0.4, -0.2) is 46.7 Å². The summed E-state index contributed by atoms with van der Waals surface area (Å²) in [6.07, 6.45) is 2.50. The second-order valence-electron chi connectivity index (χ2n) is 6.54. The largest absolute Gasteiger partial charge is 0.493 e. The monoisotopic (exact) mass is 439 g/mol. The summed E-state index contributed by atoms with van der Waals surface area (Å²) in [6, 6.07) is 8.51. The number of nitrogens with one attached hydrogen (secondary N) is 1. The van der Waals surface area contributed by atoms with Crippen molar-refractivity contribution in [3.05, 3.63) is 70.7 Å². The van der Waals surface area contributed by atoms with Gasteiger partial charge in [-0.2, -0.15) is 5.10 Å². The molecule has 0 radical (unpaired) electrons. The number of nitrogens with zero attached hydrogens (tertiary/aromatic N) is 4. The molecule has 0 saturated carbocycles. The van der Waals surface area contributed by atoms with E-state index in [1.54, 1.807) is 0 Å². The van der Waals surface area contributed by atoms with Crippen LogP contribution in [0, 0.1) is 5.82 Å². The lowest BCUT2D eigenvalue weighted by molar-refractivity contribution is 0.101. The number of halogens is 1. The van der Waals surface area contributed by atoms with Crippen LogP contribution in [0.3, 0.4) is 0 Å². The van der Waals surface area contributed by atoms with Crippen molar-refractivity contribution in [1.82, 2.24) is 19.4 Å². The van der Waals surface area contributed by atoms with E-state index in [2.05, 4.69) is 15.5 Å². The van der Waals surface area contributed by atoms with Gasteiger partial charge in [0, 0.05) is 5.56 Å². The Labute approximate surface area is 180 Å². The molecule has 2 heterocycles. The van der Waals surface area contributed by atoms with Gasteiger partial charge in [0.15, 0.2) is 17.1 Å². The fourth-order valence-corrected chi connectivity index (χ4v) is 3.15. The topological polar surface area (TPSA) is 110 Å². The molecule has 0 aliphatic heterocycles. The average Bonchev–Trinajstić information content (AvgIpc) is 3.25. The van der Waals surface area contributed by atoms with Gasteiger partial charge in [-0.25, -0.2) is 18.7 Å². The third-order valence-corrected chi connectivity index (χ3v) is 4.71. The minimum Gasteiger partial charge on any atom is -0.493 e. The minimum atomic E-state index is -0.599. The number of hydrogen-bond donors (Lipinski definition) is 1. The molecule has 0 aliphatic rings. The van der Waals surface area contributed by atoms with Gasteiger partial charge >= 0.3 is 0 Å². The summed E-state index contributed by atoms with van der Waals surface area (Å²) in [5, 5.41) is 4.33. The van der Waals surface area contributed by atoms with Crippen molar-refractivity contribution in [1.29, 1.82) is 0 Å². The lowest BCUT2D eigenvalue weighted by atomic mass is 10.1. The van der Waals surface area contributed by atoms with Crippen LogP contribution < -0.4 is 25.2 Å². The van der Waals surface area contributed by atoms with Gasteiger partial charge in [-0.15, -0.1) is 0 Å². The maximum absolute atomic E-state index is 13.2. The van der Waals surface area contributed by atoms with Crippen LogP contribution in [0.15, 0.2) is 53.7 Å². The van der Waals surface area contributed by atoms with Gasteiger partial charge in [0.05, 0.1) is 33.2 Å². The Morgan fingerprint density at radius 1 is 1.03 bits per heavy atom. The molecule has 4 aromatic rings. The van der Waals surface area contributed by atoms with Gasteiger partial charge in [-0.3, -0.25) is 15.0 Å². The summed E-state index contributed by atoms with van der Waals surface area (Å²) in [7, 11) is 4.31. The first kappa shape index (κ1) is 20.8. The Bertz CT molecular complexity index is 1340. The van der Waals surface area contributed by atoms with Crippen LogP contribution in [0.2, 0.25) is 0 Å². The normalized spacial score (nSPS) is 10.8.